The Hall–Kier alpha value is -1.66. The summed E-state index contributed by atoms with van der Waals surface area (Å²) in [5.41, 5.74) is 1.19. The number of amides is 2. The largest absolute Gasteiger partial charge is 0.379 e. The number of hydrogen-bond acceptors (Lipinski definition) is 5. The molecule has 2 aliphatic heterocycles. The fourth-order valence-corrected chi connectivity index (χ4v) is 4.85. The van der Waals surface area contributed by atoms with Crippen LogP contribution in [0.1, 0.15) is 45.4 Å². The monoisotopic (exact) mass is 390 g/mol. The molecule has 2 unspecified atom stereocenters. The summed E-state index contributed by atoms with van der Waals surface area (Å²) in [5.74, 6) is 0.728. The van der Waals surface area contributed by atoms with Crippen LogP contribution >= 0.6 is 11.3 Å². The number of rotatable bonds is 7. The molecule has 2 aliphatic rings. The normalized spacial score (nSPS) is 23.9. The lowest BCUT2D eigenvalue weighted by Gasteiger charge is -2.37. The van der Waals surface area contributed by atoms with Crippen molar-refractivity contribution in [1.29, 1.82) is 0 Å². The molecule has 0 radical (unpaired) electrons. The van der Waals surface area contributed by atoms with Crippen LogP contribution in [0.5, 0.6) is 0 Å². The van der Waals surface area contributed by atoms with Gasteiger partial charge in [0, 0.05) is 31.1 Å². The molecule has 0 aromatic carbocycles. The van der Waals surface area contributed by atoms with E-state index in [4.69, 9.17) is 4.74 Å². The summed E-state index contributed by atoms with van der Waals surface area (Å²) in [6.07, 6.45) is 1.98. The Labute approximate surface area is 166 Å². The molecule has 148 valence electrons. The van der Waals surface area contributed by atoms with E-state index in [1.807, 2.05) is 31.4 Å². The Balaban J connectivity index is 1.84. The lowest BCUT2D eigenvalue weighted by atomic mass is 9.91. The maximum absolute atomic E-state index is 13.2. The SMILES string of the molecule is CC1CC(C)CN(C2=C(c3cccs3)C(=O)N(CCCOC(C)C)C2=O)C1. The molecule has 2 amide bonds. The van der Waals surface area contributed by atoms with Gasteiger partial charge < -0.3 is 9.64 Å². The first-order valence-corrected chi connectivity index (χ1v) is 10.8. The Morgan fingerprint density at radius 2 is 1.89 bits per heavy atom. The number of carbonyl (C=O) groups is 2. The van der Waals surface area contributed by atoms with Crippen molar-refractivity contribution in [3.63, 3.8) is 0 Å². The van der Waals surface area contributed by atoms with Crippen molar-refractivity contribution in [3.8, 4) is 0 Å². The lowest BCUT2D eigenvalue weighted by Crippen LogP contribution is -2.42. The lowest BCUT2D eigenvalue weighted by molar-refractivity contribution is -0.138. The highest BCUT2D eigenvalue weighted by atomic mass is 32.1. The molecule has 27 heavy (non-hydrogen) atoms. The van der Waals surface area contributed by atoms with Crippen LogP contribution in [-0.2, 0) is 14.3 Å². The van der Waals surface area contributed by atoms with Gasteiger partial charge in [-0.05, 0) is 50.0 Å². The molecule has 0 spiro atoms. The highest BCUT2D eigenvalue weighted by Crippen LogP contribution is 2.36. The van der Waals surface area contributed by atoms with Gasteiger partial charge in [0.15, 0.2) is 0 Å². The fourth-order valence-electron chi connectivity index (χ4n) is 4.09. The minimum absolute atomic E-state index is 0.144. The van der Waals surface area contributed by atoms with Crippen LogP contribution in [-0.4, -0.2) is 54.0 Å². The topological polar surface area (TPSA) is 49.9 Å². The fraction of sp³-hybridized carbons (Fsp3) is 0.619. The van der Waals surface area contributed by atoms with Crippen molar-refractivity contribution in [2.24, 2.45) is 11.8 Å². The number of imide groups is 1. The number of ether oxygens (including phenoxy) is 1. The summed E-state index contributed by atoms with van der Waals surface area (Å²) in [6, 6.07) is 3.87. The predicted molar refractivity (Wildman–Crippen MR) is 108 cm³/mol. The van der Waals surface area contributed by atoms with Crippen LogP contribution in [0.25, 0.3) is 5.57 Å². The summed E-state index contributed by atoms with van der Waals surface area (Å²) in [5, 5.41) is 1.96. The molecule has 1 fully saturated rings. The Kier molecular flexibility index (Phi) is 6.37. The van der Waals surface area contributed by atoms with Gasteiger partial charge in [0.25, 0.3) is 11.8 Å². The van der Waals surface area contributed by atoms with Gasteiger partial charge in [0.05, 0.1) is 11.7 Å². The summed E-state index contributed by atoms with van der Waals surface area (Å²) in [6.45, 7) is 11.0. The molecule has 5 nitrogen and oxygen atoms in total. The zero-order valence-corrected chi connectivity index (χ0v) is 17.6. The molecule has 1 aromatic rings. The third kappa shape index (κ3) is 4.43. The van der Waals surface area contributed by atoms with Crippen molar-refractivity contribution < 1.29 is 14.3 Å². The highest BCUT2D eigenvalue weighted by Gasteiger charge is 2.42. The van der Waals surface area contributed by atoms with Gasteiger partial charge in [0.1, 0.15) is 5.70 Å². The molecule has 0 aliphatic carbocycles. The van der Waals surface area contributed by atoms with Gasteiger partial charge in [-0.25, -0.2) is 0 Å². The van der Waals surface area contributed by atoms with E-state index in [1.165, 1.54) is 16.2 Å². The Morgan fingerprint density at radius 1 is 1.19 bits per heavy atom. The quantitative estimate of drug-likeness (QED) is 0.527. The summed E-state index contributed by atoms with van der Waals surface area (Å²) in [7, 11) is 0. The predicted octanol–water partition coefficient (Wildman–Crippen LogP) is 3.62. The van der Waals surface area contributed by atoms with E-state index in [0.717, 1.165) is 24.4 Å². The average molecular weight is 391 g/mol. The number of thiophene rings is 1. The first-order chi connectivity index (χ1) is 12.9. The summed E-state index contributed by atoms with van der Waals surface area (Å²) < 4.78 is 5.57. The average Bonchev–Trinajstić information content (AvgIpc) is 3.18. The van der Waals surface area contributed by atoms with Crippen molar-refractivity contribution >= 4 is 28.7 Å². The van der Waals surface area contributed by atoms with Crippen LogP contribution in [0.4, 0.5) is 0 Å². The Morgan fingerprint density at radius 3 is 2.48 bits per heavy atom. The van der Waals surface area contributed by atoms with Crippen LogP contribution in [0.3, 0.4) is 0 Å². The molecule has 1 saturated heterocycles. The molecular weight excluding hydrogens is 360 g/mol. The van der Waals surface area contributed by atoms with E-state index in [1.54, 1.807) is 0 Å². The number of carbonyl (C=O) groups excluding carboxylic acids is 2. The zero-order chi connectivity index (χ0) is 19.6. The molecule has 2 atom stereocenters. The molecule has 0 saturated carbocycles. The smallest absolute Gasteiger partial charge is 0.277 e. The third-order valence-corrected chi connectivity index (χ3v) is 5.96. The zero-order valence-electron chi connectivity index (χ0n) is 16.7. The van der Waals surface area contributed by atoms with Gasteiger partial charge in [-0.1, -0.05) is 19.9 Å². The van der Waals surface area contributed by atoms with E-state index in [9.17, 15) is 9.59 Å². The first kappa shape index (κ1) is 20.1. The number of piperidine rings is 1. The second-order valence-corrected chi connectivity index (χ2v) is 9.03. The van der Waals surface area contributed by atoms with Crippen LogP contribution in [0, 0.1) is 11.8 Å². The standard InChI is InChI=1S/C21H30N2O3S/c1-14(2)26-9-6-8-23-20(24)18(17-7-5-10-27-17)19(21(23)25)22-12-15(3)11-16(4)13-22/h5,7,10,14-16H,6,8-9,11-13H2,1-4H3. The number of hydrogen-bond donors (Lipinski definition) is 0. The van der Waals surface area contributed by atoms with E-state index in [2.05, 4.69) is 18.7 Å². The van der Waals surface area contributed by atoms with E-state index < -0.39 is 0 Å². The molecule has 0 bridgehead atoms. The number of likely N-dealkylation sites (tertiary alicyclic amines) is 1. The molecule has 1 aromatic heterocycles. The first-order valence-electron chi connectivity index (χ1n) is 9.89. The molecule has 3 rings (SSSR count). The van der Waals surface area contributed by atoms with Crippen molar-refractivity contribution in [3.05, 3.63) is 28.1 Å². The van der Waals surface area contributed by atoms with Crippen molar-refractivity contribution in [2.75, 3.05) is 26.2 Å². The van der Waals surface area contributed by atoms with Crippen LogP contribution < -0.4 is 0 Å². The Bertz CT molecular complexity index is 701. The second-order valence-electron chi connectivity index (χ2n) is 8.09. The van der Waals surface area contributed by atoms with Crippen LogP contribution in [0.15, 0.2) is 23.2 Å². The molecule has 3 heterocycles. The summed E-state index contributed by atoms with van der Waals surface area (Å²) >= 11 is 1.52. The van der Waals surface area contributed by atoms with E-state index in [-0.39, 0.29) is 17.9 Å². The van der Waals surface area contributed by atoms with Gasteiger partial charge in [-0.3, -0.25) is 14.5 Å². The van der Waals surface area contributed by atoms with Gasteiger partial charge in [-0.15, -0.1) is 11.3 Å². The molecule has 0 N–H and O–H groups in total. The second kappa shape index (κ2) is 8.57. The molecule has 6 heteroatoms. The number of nitrogens with zero attached hydrogens (tertiary/aromatic N) is 2. The minimum atomic E-state index is -0.159. The third-order valence-electron chi connectivity index (χ3n) is 5.07. The highest BCUT2D eigenvalue weighted by molar-refractivity contribution is 7.11. The van der Waals surface area contributed by atoms with Gasteiger partial charge >= 0.3 is 0 Å². The maximum Gasteiger partial charge on any atom is 0.277 e. The van der Waals surface area contributed by atoms with Gasteiger partial charge in [-0.2, -0.15) is 0 Å². The summed E-state index contributed by atoms with van der Waals surface area (Å²) in [4.78, 5) is 30.8. The van der Waals surface area contributed by atoms with Crippen molar-refractivity contribution in [2.45, 2.75) is 46.6 Å². The van der Waals surface area contributed by atoms with Crippen molar-refractivity contribution in [1.82, 2.24) is 9.80 Å². The van der Waals surface area contributed by atoms with Gasteiger partial charge in [0.2, 0.25) is 0 Å². The van der Waals surface area contributed by atoms with E-state index >= 15 is 0 Å². The minimum Gasteiger partial charge on any atom is -0.379 e. The van der Waals surface area contributed by atoms with Crippen LogP contribution in [0.2, 0.25) is 0 Å². The molecular formula is C21H30N2O3S. The maximum atomic E-state index is 13.2. The van der Waals surface area contributed by atoms with E-state index in [0.29, 0.717) is 42.7 Å².